The zero-order valence-electron chi connectivity index (χ0n) is 7.69. The van der Waals surface area contributed by atoms with Crippen LogP contribution >= 0.6 is 0 Å². The minimum Gasteiger partial charge on any atom is -0.382 e. The number of hydrogen-bond donors (Lipinski definition) is 0. The van der Waals surface area contributed by atoms with Crippen molar-refractivity contribution < 1.29 is 9.53 Å². The Morgan fingerprint density at radius 1 is 1.58 bits per heavy atom. The Morgan fingerprint density at radius 2 is 2.33 bits per heavy atom. The quantitative estimate of drug-likeness (QED) is 0.533. The van der Waals surface area contributed by atoms with E-state index in [0.29, 0.717) is 6.61 Å². The molecule has 12 heavy (non-hydrogen) atoms. The van der Waals surface area contributed by atoms with Gasteiger partial charge in [0.2, 0.25) is 6.41 Å². The summed E-state index contributed by atoms with van der Waals surface area (Å²) >= 11 is 0. The lowest BCUT2D eigenvalue weighted by atomic mass is 10.2. The third kappa shape index (κ3) is 2.19. The lowest BCUT2D eigenvalue weighted by Crippen LogP contribution is -2.52. The van der Waals surface area contributed by atoms with E-state index in [1.807, 2.05) is 4.90 Å². The Hall–Kier alpha value is -0.610. The van der Waals surface area contributed by atoms with E-state index in [1.165, 1.54) is 0 Å². The molecule has 1 atom stereocenters. The second kappa shape index (κ2) is 4.42. The van der Waals surface area contributed by atoms with Gasteiger partial charge in [0.25, 0.3) is 0 Å². The van der Waals surface area contributed by atoms with Crippen molar-refractivity contribution in [2.45, 2.75) is 6.04 Å². The van der Waals surface area contributed by atoms with Crippen LogP contribution in [0.4, 0.5) is 0 Å². The number of hydrogen-bond acceptors (Lipinski definition) is 3. The van der Waals surface area contributed by atoms with Crippen LogP contribution < -0.4 is 0 Å². The number of piperazine rings is 1. The maximum absolute atomic E-state index is 10.6. The first kappa shape index (κ1) is 9.48. The number of ether oxygens (including phenoxy) is 1. The molecule has 0 aromatic carbocycles. The molecule has 70 valence electrons. The topological polar surface area (TPSA) is 32.8 Å². The van der Waals surface area contributed by atoms with E-state index in [2.05, 4.69) is 11.9 Å². The van der Waals surface area contributed by atoms with Crippen molar-refractivity contribution in [3.63, 3.8) is 0 Å². The smallest absolute Gasteiger partial charge is 0.210 e. The third-order valence-electron chi connectivity index (χ3n) is 2.23. The summed E-state index contributed by atoms with van der Waals surface area (Å²) in [6, 6.07) is 0.228. The highest BCUT2D eigenvalue weighted by Gasteiger charge is 2.23. The van der Waals surface area contributed by atoms with E-state index in [1.54, 1.807) is 7.11 Å². The molecule has 4 nitrogen and oxygen atoms in total. The summed E-state index contributed by atoms with van der Waals surface area (Å²) in [6.45, 7) is 3.31. The molecule has 0 saturated carbocycles. The molecular formula is C8H16N2O2. The third-order valence-corrected chi connectivity index (χ3v) is 2.23. The van der Waals surface area contributed by atoms with E-state index in [-0.39, 0.29) is 6.04 Å². The van der Waals surface area contributed by atoms with Crippen LogP contribution in [0.15, 0.2) is 0 Å². The highest BCUT2D eigenvalue weighted by molar-refractivity contribution is 5.48. The molecule has 4 heteroatoms. The number of nitrogens with zero attached hydrogens (tertiary/aromatic N) is 2. The number of rotatable bonds is 3. The van der Waals surface area contributed by atoms with Crippen molar-refractivity contribution in [3.8, 4) is 0 Å². The Bertz CT molecular complexity index is 152. The molecule has 0 bridgehead atoms. The fraction of sp³-hybridized carbons (Fsp3) is 0.875. The highest BCUT2D eigenvalue weighted by atomic mass is 16.5. The molecule has 0 radical (unpaired) electrons. The molecule has 0 N–H and O–H groups in total. The molecule has 1 aliphatic heterocycles. The molecule has 0 spiro atoms. The zero-order valence-corrected chi connectivity index (χ0v) is 7.69. The number of carbonyl (C=O) groups excluding carboxylic acids is 1. The number of amides is 1. The van der Waals surface area contributed by atoms with E-state index in [9.17, 15) is 4.79 Å². The van der Waals surface area contributed by atoms with Gasteiger partial charge in [-0.3, -0.25) is 4.79 Å². The first-order valence-electron chi connectivity index (χ1n) is 4.16. The van der Waals surface area contributed by atoms with Crippen LogP contribution in [0.5, 0.6) is 0 Å². The second-order valence-corrected chi connectivity index (χ2v) is 3.21. The second-order valence-electron chi connectivity index (χ2n) is 3.21. The van der Waals surface area contributed by atoms with Crippen LogP contribution in [0.3, 0.4) is 0 Å². The fourth-order valence-electron chi connectivity index (χ4n) is 1.50. The van der Waals surface area contributed by atoms with Crippen LogP contribution in [-0.2, 0) is 9.53 Å². The summed E-state index contributed by atoms with van der Waals surface area (Å²) in [6.07, 6.45) is 0.913. The van der Waals surface area contributed by atoms with Gasteiger partial charge in [-0.2, -0.15) is 0 Å². The van der Waals surface area contributed by atoms with E-state index in [0.717, 1.165) is 26.0 Å². The zero-order chi connectivity index (χ0) is 8.97. The Kier molecular flexibility index (Phi) is 3.49. The van der Waals surface area contributed by atoms with Crippen LogP contribution in [0, 0.1) is 0 Å². The van der Waals surface area contributed by atoms with Gasteiger partial charge in [-0.1, -0.05) is 0 Å². The predicted octanol–water partition coefficient (Wildman–Crippen LogP) is -0.595. The van der Waals surface area contributed by atoms with E-state index in [4.69, 9.17) is 4.74 Å². The predicted molar refractivity (Wildman–Crippen MR) is 45.9 cm³/mol. The average Bonchev–Trinajstić information content (AvgIpc) is 2.05. The minimum absolute atomic E-state index is 0.228. The summed E-state index contributed by atoms with van der Waals surface area (Å²) in [7, 11) is 3.72. The average molecular weight is 172 g/mol. The molecule has 1 heterocycles. The lowest BCUT2D eigenvalue weighted by molar-refractivity contribution is -0.123. The van der Waals surface area contributed by atoms with Gasteiger partial charge in [0.1, 0.15) is 0 Å². The molecule has 1 fully saturated rings. The monoisotopic (exact) mass is 172 g/mol. The van der Waals surface area contributed by atoms with Crippen molar-refractivity contribution in [1.82, 2.24) is 9.80 Å². The molecule has 1 unspecified atom stereocenters. The molecule has 1 amide bonds. The molecular weight excluding hydrogens is 156 g/mol. The fourth-order valence-corrected chi connectivity index (χ4v) is 1.50. The van der Waals surface area contributed by atoms with Gasteiger partial charge in [-0.15, -0.1) is 0 Å². The van der Waals surface area contributed by atoms with Crippen LogP contribution in [0.2, 0.25) is 0 Å². The van der Waals surface area contributed by atoms with Gasteiger partial charge >= 0.3 is 0 Å². The van der Waals surface area contributed by atoms with Crippen LogP contribution in [0.25, 0.3) is 0 Å². The molecule has 1 aliphatic rings. The molecule has 0 aromatic heterocycles. The van der Waals surface area contributed by atoms with Crippen molar-refractivity contribution in [2.24, 2.45) is 0 Å². The van der Waals surface area contributed by atoms with Crippen LogP contribution in [0.1, 0.15) is 0 Å². The lowest BCUT2D eigenvalue weighted by Gasteiger charge is -2.37. The Labute approximate surface area is 73.1 Å². The maximum Gasteiger partial charge on any atom is 0.210 e. The van der Waals surface area contributed by atoms with Gasteiger partial charge in [0.15, 0.2) is 0 Å². The highest BCUT2D eigenvalue weighted by Crippen LogP contribution is 2.05. The van der Waals surface area contributed by atoms with Gasteiger partial charge in [-0.25, -0.2) is 0 Å². The number of likely N-dealkylation sites (N-methyl/N-ethyl adjacent to an activating group) is 1. The first-order chi connectivity index (χ1) is 5.77. The summed E-state index contributed by atoms with van der Waals surface area (Å²) in [4.78, 5) is 14.6. The van der Waals surface area contributed by atoms with Crippen molar-refractivity contribution in [3.05, 3.63) is 0 Å². The van der Waals surface area contributed by atoms with Gasteiger partial charge in [0, 0.05) is 26.7 Å². The largest absolute Gasteiger partial charge is 0.382 e. The normalized spacial score (nSPS) is 25.8. The van der Waals surface area contributed by atoms with Crippen LogP contribution in [-0.4, -0.2) is 62.7 Å². The number of carbonyl (C=O) groups is 1. The van der Waals surface area contributed by atoms with Crippen molar-refractivity contribution in [2.75, 3.05) is 40.4 Å². The van der Waals surface area contributed by atoms with E-state index >= 15 is 0 Å². The molecule has 0 aliphatic carbocycles. The van der Waals surface area contributed by atoms with Gasteiger partial charge in [-0.05, 0) is 7.05 Å². The van der Waals surface area contributed by atoms with Crippen molar-refractivity contribution in [1.29, 1.82) is 0 Å². The minimum atomic E-state index is 0.228. The molecule has 1 rings (SSSR count). The summed E-state index contributed by atoms with van der Waals surface area (Å²) in [5.41, 5.74) is 0. The Morgan fingerprint density at radius 3 is 2.92 bits per heavy atom. The summed E-state index contributed by atoms with van der Waals surface area (Å²) in [5, 5.41) is 0. The maximum atomic E-state index is 10.6. The summed E-state index contributed by atoms with van der Waals surface area (Å²) in [5.74, 6) is 0. The number of methoxy groups -OCH3 is 1. The van der Waals surface area contributed by atoms with Crippen molar-refractivity contribution >= 4 is 6.41 Å². The standard InChI is InChI=1S/C8H16N2O2/c1-9-3-4-10(7-11)8(5-9)6-12-2/h7-8H,3-6H2,1-2H3. The van der Waals surface area contributed by atoms with Gasteiger partial charge in [0.05, 0.1) is 12.6 Å². The molecule has 0 aromatic rings. The summed E-state index contributed by atoms with van der Waals surface area (Å²) < 4.78 is 5.03. The van der Waals surface area contributed by atoms with Gasteiger partial charge < -0.3 is 14.5 Å². The Balaban J connectivity index is 2.45. The SMILES string of the molecule is COCC1CN(C)CCN1C=O. The molecule has 1 saturated heterocycles. The first-order valence-corrected chi connectivity index (χ1v) is 4.16. The van der Waals surface area contributed by atoms with E-state index < -0.39 is 0 Å².